The third-order valence-corrected chi connectivity index (χ3v) is 2.76. The smallest absolute Gasteiger partial charge is 0.320 e. The van der Waals surface area contributed by atoms with Gasteiger partial charge in [0.25, 0.3) is 0 Å². The molecule has 0 saturated carbocycles. The van der Waals surface area contributed by atoms with Crippen LogP contribution in [-0.4, -0.2) is 41.7 Å². The molecule has 2 unspecified atom stereocenters. The highest BCUT2D eigenvalue weighted by atomic mass is 16.4. The first-order valence-corrected chi connectivity index (χ1v) is 4.86. The van der Waals surface area contributed by atoms with E-state index in [9.17, 15) is 4.79 Å². The fourth-order valence-electron chi connectivity index (χ4n) is 1.93. The number of nitrogens with two attached hydrogens (primary N) is 1. The molecule has 76 valence electrons. The van der Waals surface area contributed by atoms with Crippen molar-refractivity contribution in [3.05, 3.63) is 0 Å². The van der Waals surface area contributed by atoms with Gasteiger partial charge in [0, 0.05) is 6.54 Å². The third kappa shape index (κ3) is 2.42. The van der Waals surface area contributed by atoms with Crippen molar-refractivity contribution in [2.24, 2.45) is 11.7 Å². The van der Waals surface area contributed by atoms with Crippen molar-refractivity contribution in [1.29, 1.82) is 0 Å². The molecule has 13 heavy (non-hydrogen) atoms. The van der Waals surface area contributed by atoms with Crippen molar-refractivity contribution >= 4 is 5.97 Å². The molecule has 1 rings (SSSR count). The summed E-state index contributed by atoms with van der Waals surface area (Å²) in [6, 6.07) is -0.309. The van der Waals surface area contributed by atoms with Crippen LogP contribution in [0.1, 0.15) is 19.8 Å². The molecule has 1 heterocycles. The van der Waals surface area contributed by atoms with Crippen LogP contribution in [0.2, 0.25) is 0 Å². The average molecular weight is 186 g/mol. The van der Waals surface area contributed by atoms with Crippen LogP contribution in [0.25, 0.3) is 0 Å². The van der Waals surface area contributed by atoms with Crippen LogP contribution in [0.5, 0.6) is 0 Å². The Labute approximate surface area is 78.7 Å². The molecule has 1 aliphatic heterocycles. The van der Waals surface area contributed by atoms with Crippen molar-refractivity contribution in [2.75, 3.05) is 19.6 Å². The standard InChI is InChI=1S/C9H18N2O2/c1-2-8(9(12)13)11-4-3-7(5-10)6-11/h7-8H,2-6,10H2,1H3,(H,12,13). The van der Waals surface area contributed by atoms with Gasteiger partial charge in [0.2, 0.25) is 0 Å². The lowest BCUT2D eigenvalue weighted by atomic mass is 10.1. The summed E-state index contributed by atoms with van der Waals surface area (Å²) in [7, 11) is 0. The summed E-state index contributed by atoms with van der Waals surface area (Å²) >= 11 is 0. The largest absolute Gasteiger partial charge is 0.480 e. The molecule has 0 aromatic carbocycles. The van der Waals surface area contributed by atoms with Crippen LogP contribution in [-0.2, 0) is 4.79 Å². The van der Waals surface area contributed by atoms with Gasteiger partial charge in [0.15, 0.2) is 0 Å². The Kier molecular flexibility index (Phi) is 3.69. The fraction of sp³-hybridized carbons (Fsp3) is 0.889. The van der Waals surface area contributed by atoms with Crippen molar-refractivity contribution in [3.63, 3.8) is 0 Å². The van der Waals surface area contributed by atoms with Gasteiger partial charge in [-0.1, -0.05) is 6.92 Å². The summed E-state index contributed by atoms with van der Waals surface area (Å²) < 4.78 is 0. The average Bonchev–Trinajstić information content (AvgIpc) is 2.53. The van der Waals surface area contributed by atoms with Crippen LogP contribution in [0.3, 0.4) is 0 Å². The van der Waals surface area contributed by atoms with Crippen molar-refractivity contribution in [2.45, 2.75) is 25.8 Å². The Balaban J connectivity index is 2.48. The summed E-state index contributed by atoms with van der Waals surface area (Å²) in [5, 5.41) is 8.92. The summed E-state index contributed by atoms with van der Waals surface area (Å²) in [5.74, 6) is -0.214. The zero-order chi connectivity index (χ0) is 9.84. The molecule has 4 nitrogen and oxygen atoms in total. The highest BCUT2D eigenvalue weighted by molar-refractivity contribution is 5.73. The van der Waals surface area contributed by atoms with Gasteiger partial charge in [-0.15, -0.1) is 0 Å². The lowest BCUT2D eigenvalue weighted by Crippen LogP contribution is -2.39. The highest BCUT2D eigenvalue weighted by Gasteiger charge is 2.30. The molecule has 0 aromatic heterocycles. The van der Waals surface area contributed by atoms with Gasteiger partial charge in [0.05, 0.1) is 0 Å². The van der Waals surface area contributed by atoms with E-state index in [1.165, 1.54) is 0 Å². The van der Waals surface area contributed by atoms with Gasteiger partial charge >= 0.3 is 5.97 Å². The Morgan fingerprint density at radius 2 is 2.46 bits per heavy atom. The number of hydrogen-bond acceptors (Lipinski definition) is 3. The van der Waals surface area contributed by atoms with E-state index in [1.54, 1.807) is 0 Å². The minimum absolute atomic E-state index is 0.309. The number of carboxylic acid groups (broad SMARTS) is 1. The predicted octanol–water partition coefficient (Wildman–Crippen LogP) is 0.130. The number of rotatable bonds is 4. The zero-order valence-corrected chi connectivity index (χ0v) is 8.07. The van der Waals surface area contributed by atoms with Crippen LogP contribution in [0, 0.1) is 5.92 Å². The Morgan fingerprint density at radius 1 is 1.77 bits per heavy atom. The molecule has 0 aromatic rings. The summed E-state index contributed by atoms with van der Waals surface area (Å²) in [4.78, 5) is 12.9. The lowest BCUT2D eigenvalue weighted by Gasteiger charge is -2.22. The number of carboxylic acids is 1. The molecule has 0 radical (unpaired) electrons. The maximum absolute atomic E-state index is 10.8. The topological polar surface area (TPSA) is 66.6 Å². The third-order valence-electron chi connectivity index (χ3n) is 2.76. The minimum Gasteiger partial charge on any atom is -0.480 e. The van der Waals surface area contributed by atoms with Crippen molar-refractivity contribution in [1.82, 2.24) is 4.90 Å². The van der Waals surface area contributed by atoms with Gasteiger partial charge in [-0.25, -0.2) is 0 Å². The number of nitrogens with zero attached hydrogens (tertiary/aromatic N) is 1. The van der Waals surface area contributed by atoms with Gasteiger partial charge < -0.3 is 10.8 Å². The van der Waals surface area contributed by atoms with Gasteiger partial charge in [-0.05, 0) is 31.8 Å². The summed E-state index contributed by atoms with van der Waals surface area (Å²) in [6.07, 6.45) is 1.72. The molecule has 1 saturated heterocycles. The van der Waals surface area contributed by atoms with Gasteiger partial charge in [0.1, 0.15) is 6.04 Å². The van der Waals surface area contributed by atoms with E-state index in [0.717, 1.165) is 19.5 Å². The Hall–Kier alpha value is -0.610. The maximum atomic E-state index is 10.8. The van der Waals surface area contributed by atoms with Gasteiger partial charge in [-0.2, -0.15) is 0 Å². The fourth-order valence-corrected chi connectivity index (χ4v) is 1.93. The van der Waals surface area contributed by atoms with E-state index in [0.29, 0.717) is 18.9 Å². The van der Waals surface area contributed by atoms with Crippen LogP contribution >= 0.6 is 0 Å². The normalized spacial score (nSPS) is 26.2. The SMILES string of the molecule is CCC(C(=O)O)N1CCC(CN)C1. The summed E-state index contributed by atoms with van der Waals surface area (Å²) in [5.41, 5.74) is 5.54. The molecule has 0 aliphatic carbocycles. The lowest BCUT2D eigenvalue weighted by molar-refractivity contribution is -0.143. The number of likely N-dealkylation sites (tertiary alicyclic amines) is 1. The summed E-state index contributed by atoms with van der Waals surface area (Å²) in [6.45, 7) is 4.31. The quantitative estimate of drug-likeness (QED) is 0.655. The number of hydrogen-bond donors (Lipinski definition) is 2. The van der Waals surface area contributed by atoms with Crippen LogP contribution < -0.4 is 5.73 Å². The first-order valence-electron chi connectivity index (χ1n) is 4.86. The molecule has 4 heteroatoms. The maximum Gasteiger partial charge on any atom is 0.320 e. The first-order chi connectivity index (χ1) is 6.19. The van der Waals surface area contributed by atoms with E-state index in [4.69, 9.17) is 10.8 Å². The van der Waals surface area contributed by atoms with Crippen molar-refractivity contribution in [3.8, 4) is 0 Å². The Morgan fingerprint density at radius 3 is 2.85 bits per heavy atom. The molecule has 1 aliphatic rings. The minimum atomic E-state index is -0.708. The Bertz CT molecular complexity index is 184. The molecular formula is C9H18N2O2. The van der Waals surface area contributed by atoms with E-state index < -0.39 is 5.97 Å². The molecule has 0 bridgehead atoms. The highest BCUT2D eigenvalue weighted by Crippen LogP contribution is 2.18. The zero-order valence-electron chi connectivity index (χ0n) is 8.07. The molecular weight excluding hydrogens is 168 g/mol. The van der Waals surface area contributed by atoms with Gasteiger partial charge in [-0.3, -0.25) is 9.69 Å². The van der Waals surface area contributed by atoms with Crippen LogP contribution in [0.4, 0.5) is 0 Å². The molecule has 3 N–H and O–H groups in total. The van der Waals surface area contributed by atoms with Crippen LogP contribution in [0.15, 0.2) is 0 Å². The van der Waals surface area contributed by atoms with E-state index >= 15 is 0 Å². The van der Waals surface area contributed by atoms with E-state index in [-0.39, 0.29) is 6.04 Å². The molecule has 0 amide bonds. The second kappa shape index (κ2) is 4.58. The molecule has 1 fully saturated rings. The number of aliphatic carboxylic acids is 1. The predicted molar refractivity (Wildman–Crippen MR) is 50.4 cm³/mol. The second-order valence-corrected chi connectivity index (χ2v) is 3.65. The number of carbonyl (C=O) groups is 1. The monoisotopic (exact) mass is 186 g/mol. The molecule has 2 atom stereocenters. The first kappa shape index (κ1) is 10.5. The molecule has 0 spiro atoms. The van der Waals surface area contributed by atoms with E-state index in [2.05, 4.69) is 0 Å². The van der Waals surface area contributed by atoms with E-state index in [1.807, 2.05) is 11.8 Å². The second-order valence-electron chi connectivity index (χ2n) is 3.65. The van der Waals surface area contributed by atoms with Crippen molar-refractivity contribution < 1.29 is 9.90 Å².